The third kappa shape index (κ3) is 1.80. The summed E-state index contributed by atoms with van der Waals surface area (Å²) in [6.45, 7) is 4.61. The largest absolute Gasteiger partial charge is 0.327 e. The normalized spacial score (nSPS) is 35.5. The van der Waals surface area contributed by atoms with Gasteiger partial charge in [-0.25, -0.2) is 0 Å². The molecule has 98 valence electrons. The van der Waals surface area contributed by atoms with Crippen LogP contribution in [0.4, 0.5) is 0 Å². The third-order valence-corrected chi connectivity index (χ3v) is 5.38. The van der Waals surface area contributed by atoms with Gasteiger partial charge in [-0.1, -0.05) is 49.9 Å². The molecule has 0 aromatic heterocycles. The SMILES string of the molecule is Cc1ccc2c(c1)[C@@]1(C)CCCCC[C@@H](C2)[C@@H]1N. The fourth-order valence-electron chi connectivity index (χ4n) is 4.17. The minimum absolute atomic E-state index is 0.213. The van der Waals surface area contributed by atoms with Crippen LogP contribution in [0.15, 0.2) is 18.2 Å². The topological polar surface area (TPSA) is 26.0 Å². The summed E-state index contributed by atoms with van der Waals surface area (Å²) in [6, 6.07) is 7.36. The molecular formula is C17H25N. The van der Waals surface area contributed by atoms with E-state index in [1.165, 1.54) is 44.1 Å². The highest BCUT2D eigenvalue weighted by Gasteiger charge is 2.43. The first-order valence-electron chi connectivity index (χ1n) is 7.47. The van der Waals surface area contributed by atoms with Crippen LogP contribution in [0.2, 0.25) is 0 Å². The van der Waals surface area contributed by atoms with Gasteiger partial charge < -0.3 is 5.73 Å². The van der Waals surface area contributed by atoms with Gasteiger partial charge in [-0.15, -0.1) is 0 Å². The second-order valence-corrected chi connectivity index (χ2v) is 6.67. The Morgan fingerprint density at radius 3 is 2.89 bits per heavy atom. The van der Waals surface area contributed by atoms with Gasteiger partial charge in [0, 0.05) is 11.5 Å². The third-order valence-electron chi connectivity index (χ3n) is 5.38. The average molecular weight is 243 g/mol. The molecule has 1 nitrogen and oxygen atoms in total. The lowest BCUT2D eigenvalue weighted by Gasteiger charge is -2.47. The van der Waals surface area contributed by atoms with Gasteiger partial charge in [0.15, 0.2) is 0 Å². The van der Waals surface area contributed by atoms with E-state index in [0.717, 1.165) is 0 Å². The summed E-state index contributed by atoms with van der Waals surface area (Å²) in [5, 5.41) is 0. The molecule has 0 aliphatic heterocycles. The number of nitrogens with two attached hydrogens (primary N) is 1. The quantitative estimate of drug-likeness (QED) is 0.738. The van der Waals surface area contributed by atoms with Gasteiger partial charge in [-0.3, -0.25) is 0 Å². The van der Waals surface area contributed by atoms with Crippen molar-refractivity contribution in [2.45, 2.75) is 63.8 Å². The number of aryl methyl sites for hydroxylation is 1. The molecule has 2 N–H and O–H groups in total. The lowest BCUT2D eigenvalue weighted by atomic mass is 9.60. The molecule has 1 heteroatoms. The lowest BCUT2D eigenvalue weighted by Crippen LogP contribution is -2.52. The van der Waals surface area contributed by atoms with Crippen LogP contribution in [-0.4, -0.2) is 6.04 Å². The van der Waals surface area contributed by atoms with Crippen molar-refractivity contribution in [1.29, 1.82) is 0 Å². The fraction of sp³-hybridized carbons (Fsp3) is 0.647. The summed E-state index contributed by atoms with van der Waals surface area (Å²) in [5.41, 5.74) is 11.4. The first-order valence-corrected chi connectivity index (χ1v) is 7.47. The van der Waals surface area contributed by atoms with E-state index in [2.05, 4.69) is 32.0 Å². The van der Waals surface area contributed by atoms with E-state index in [4.69, 9.17) is 5.73 Å². The van der Waals surface area contributed by atoms with E-state index < -0.39 is 0 Å². The maximum absolute atomic E-state index is 6.65. The molecule has 18 heavy (non-hydrogen) atoms. The van der Waals surface area contributed by atoms with Crippen LogP contribution in [0.1, 0.15) is 55.7 Å². The van der Waals surface area contributed by atoms with Gasteiger partial charge in [0.1, 0.15) is 0 Å². The van der Waals surface area contributed by atoms with Crippen molar-refractivity contribution in [1.82, 2.24) is 0 Å². The van der Waals surface area contributed by atoms with E-state index >= 15 is 0 Å². The van der Waals surface area contributed by atoms with E-state index in [1.54, 1.807) is 11.1 Å². The smallest absolute Gasteiger partial charge is 0.0165 e. The zero-order valence-electron chi connectivity index (χ0n) is 11.7. The number of rotatable bonds is 0. The second kappa shape index (κ2) is 4.38. The summed E-state index contributed by atoms with van der Waals surface area (Å²) in [7, 11) is 0. The predicted octanol–water partition coefficient (Wildman–Crippen LogP) is 3.72. The molecule has 0 saturated heterocycles. The molecule has 0 radical (unpaired) electrons. The highest BCUT2D eigenvalue weighted by atomic mass is 14.7. The van der Waals surface area contributed by atoms with E-state index in [0.29, 0.717) is 12.0 Å². The minimum Gasteiger partial charge on any atom is -0.327 e. The van der Waals surface area contributed by atoms with Crippen molar-refractivity contribution in [2.24, 2.45) is 11.7 Å². The van der Waals surface area contributed by atoms with E-state index in [1.807, 2.05) is 0 Å². The van der Waals surface area contributed by atoms with Gasteiger partial charge in [-0.2, -0.15) is 0 Å². The predicted molar refractivity (Wildman–Crippen MR) is 76.8 cm³/mol. The summed E-state index contributed by atoms with van der Waals surface area (Å²) >= 11 is 0. The van der Waals surface area contributed by atoms with Crippen LogP contribution in [0, 0.1) is 12.8 Å². The van der Waals surface area contributed by atoms with Crippen LogP contribution in [0.3, 0.4) is 0 Å². The number of hydrogen-bond donors (Lipinski definition) is 1. The lowest BCUT2D eigenvalue weighted by molar-refractivity contribution is 0.202. The molecule has 0 amide bonds. The maximum Gasteiger partial charge on any atom is 0.0165 e. The molecule has 1 saturated carbocycles. The van der Waals surface area contributed by atoms with Crippen LogP contribution >= 0.6 is 0 Å². The molecule has 2 aliphatic carbocycles. The average Bonchev–Trinajstić information content (AvgIpc) is 2.35. The summed E-state index contributed by atoms with van der Waals surface area (Å²) in [4.78, 5) is 0. The summed E-state index contributed by atoms with van der Waals surface area (Å²) < 4.78 is 0. The highest BCUT2D eigenvalue weighted by Crippen LogP contribution is 2.45. The van der Waals surface area contributed by atoms with Crippen molar-refractivity contribution >= 4 is 0 Å². The van der Waals surface area contributed by atoms with Gasteiger partial charge in [0.2, 0.25) is 0 Å². The molecule has 1 aromatic rings. The summed E-state index contributed by atoms with van der Waals surface area (Å²) in [5.74, 6) is 0.700. The molecule has 0 unspecified atom stereocenters. The minimum atomic E-state index is 0.213. The summed E-state index contributed by atoms with van der Waals surface area (Å²) in [6.07, 6.45) is 7.89. The first-order chi connectivity index (χ1) is 8.61. The Morgan fingerprint density at radius 2 is 2.06 bits per heavy atom. The van der Waals surface area contributed by atoms with Crippen LogP contribution in [-0.2, 0) is 11.8 Å². The van der Waals surface area contributed by atoms with Crippen LogP contribution in [0.5, 0.6) is 0 Å². The Hall–Kier alpha value is -0.820. The fourth-order valence-corrected chi connectivity index (χ4v) is 4.17. The molecule has 1 aromatic carbocycles. The highest BCUT2D eigenvalue weighted by molar-refractivity contribution is 5.41. The Balaban J connectivity index is 2.11. The molecule has 1 fully saturated rings. The monoisotopic (exact) mass is 243 g/mol. The number of fused-ring (bicyclic) bond motifs is 4. The van der Waals surface area contributed by atoms with Gasteiger partial charge in [0.05, 0.1) is 0 Å². The molecule has 0 spiro atoms. The van der Waals surface area contributed by atoms with E-state index in [-0.39, 0.29) is 5.41 Å². The van der Waals surface area contributed by atoms with Crippen LogP contribution in [0.25, 0.3) is 0 Å². The standard InChI is InChI=1S/C17H25N/c1-12-7-8-13-11-14-6-4-3-5-9-17(2,16(14)18)15(13)10-12/h7-8,10,14,16H,3-6,9,11,18H2,1-2H3/t14-,16-,17+/m0/s1. The van der Waals surface area contributed by atoms with Crippen molar-refractivity contribution < 1.29 is 0 Å². The maximum atomic E-state index is 6.65. The van der Waals surface area contributed by atoms with Crippen molar-refractivity contribution in [3.8, 4) is 0 Å². The molecule has 2 aliphatic rings. The Kier molecular flexibility index (Phi) is 2.97. The number of hydrogen-bond acceptors (Lipinski definition) is 1. The number of benzene rings is 1. The molecule has 0 heterocycles. The second-order valence-electron chi connectivity index (χ2n) is 6.67. The molecular weight excluding hydrogens is 218 g/mol. The Bertz CT molecular complexity index is 451. The molecule has 2 bridgehead atoms. The first kappa shape index (κ1) is 12.2. The Morgan fingerprint density at radius 1 is 1.22 bits per heavy atom. The zero-order chi connectivity index (χ0) is 12.8. The zero-order valence-corrected chi connectivity index (χ0v) is 11.7. The van der Waals surface area contributed by atoms with Gasteiger partial charge in [-0.05, 0) is 43.2 Å². The van der Waals surface area contributed by atoms with Gasteiger partial charge in [0.25, 0.3) is 0 Å². The molecule has 3 atom stereocenters. The van der Waals surface area contributed by atoms with Crippen molar-refractivity contribution in [2.75, 3.05) is 0 Å². The van der Waals surface area contributed by atoms with Crippen molar-refractivity contribution in [3.63, 3.8) is 0 Å². The van der Waals surface area contributed by atoms with Crippen molar-refractivity contribution in [3.05, 3.63) is 34.9 Å². The van der Waals surface area contributed by atoms with Crippen LogP contribution < -0.4 is 5.73 Å². The van der Waals surface area contributed by atoms with Gasteiger partial charge >= 0.3 is 0 Å². The molecule has 3 rings (SSSR count). The van der Waals surface area contributed by atoms with E-state index in [9.17, 15) is 0 Å². The Labute approximate surface area is 111 Å².